The minimum Gasteiger partial charge on any atom is -0.348 e. The zero-order chi connectivity index (χ0) is 17.1. The normalized spacial score (nSPS) is 20.5. The second-order valence-corrected chi connectivity index (χ2v) is 6.67. The predicted molar refractivity (Wildman–Crippen MR) is 97.1 cm³/mol. The minimum absolute atomic E-state index is 0.275. The first-order valence-corrected chi connectivity index (χ1v) is 8.91. The lowest BCUT2D eigenvalue weighted by Gasteiger charge is -2.31. The maximum atomic E-state index is 4.88. The van der Waals surface area contributed by atoms with Gasteiger partial charge in [-0.25, -0.2) is 4.98 Å². The number of piperidine rings is 1. The summed E-state index contributed by atoms with van der Waals surface area (Å²) in [7, 11) is 0. The van der Waals surface area contributed by atoms with E-state index in [0.717, 1.165) is 36.5 Å². The van der Waals surface area contributed by atoms with Crippen LogP contribution in [0.1, 0.15) is 59.8 Å². The number of rotatable bonds is 4. The van der Waals surface area contributed by atoms with Crippen molar-refractivity contribution >= 4 is 0 Å². The van der Waals surface area contributed by atoms with E-state index in [1.54, 1.807) is 6.20 Å². The van der Waals surface area contributed by atoms with E-state index in [4.69, 9.17) is 4.98 Å². The van der Waals surface area contributed by atoms with Crippen LogP contribution in [0.2, 0.25) is 0 Å². The lowest BCUT2D eigenvalue weighted by atomic mass is 9.92. The molecule has 0 saturated carbocycles. The third-order valence-corrected chi connectivity index (χ3v) is 4.86. The van der Waals surface area contributed by atoms with Gasteiger partial charge in [-0.15, -0.1) is 0 Å². The van der Waals surface area contributed by atoms with Crippen LogP contribution in [0, 0.1) is 6.92 Å². The van der Waals surface area contributed by atoms with Crippen LogP contribution in [-0.2, 0) is 6.42 Å². The molecule has 5 heteroatoms. The number of aromatic amines is 1. The summed E-state index contributed by atoms with van der Waals surface area (Å²) < 4.78 is 0. The molecular formula is C20H23N5. The largest absolute Gasteiger partial charge is 0.348 e. The molecule has 2 atom stereocenters. The van der Waals surface area contributed by atoms with Crippen LogP contribution < -0.4 is 5.32 Å². The number of aryl methyl sites for hydroxylation is 1. The Morgan fingerprint density at radius 1 is 1.04 bits per heavy atom. The second kappa shape index (κ2) is 7.15. The molecule has 1 saturated heterocycles. The molecule has 0 amide bonds. The number of pyridine rings is 2. The third-order valence-electron chi connectivity index (χ3n) is 4.86. The lowest BCUT2D eigenvalue weighted by Crippen LogP contribution is -2.32. The van der Waals surface area contributed by atoms with E-state index < -0.39 is 0 Å². The highest BCUT2D eigenvalue weighted by Gasteiger charge is 2.26. The van der Waals surface area contributed by atoms with Crippen molar-refractivity contribution in [2.45, 2.75) is 44.7 Å². The first-order valence-electron chi connectivity index (χ1n) is 8.91. The van der Waals surface area contributed by atoms with Gasteiger partial charge in [-0.05, 0) is 49.9 Å². The van der Waals surface area contributed by atoms with Crippen LogP contribution in [-0.4, -0.2) is 19.9 Å². The quantitative estimate of drug-likeness (QED) is 0.765. The van der Waals surface area contributed by atoms with Gasteiger partial charge in [0.1, 0.15) is 5.82 Å². The van der Waals surface area contributed by atoms with Crippen molar-refractivity contribution in [2.24, 2.45) is 0 Å². The van der Waals surface area contributed by atoms with Crippen molar-refractivity contribution in [2.75, 3.05) is 0 Å². The fraction of sp³-hybridized carbons (Fsp3) is 0.350. The Hall–Kier alpha value is -2.53. The molecular weight excluding hydrogens is 310 g/mol. The monoisotopic (exact) mass is 333 g/mol. The predicted octanol–water partition coefficient (Wildman–Crippen LogP) is 3.65. The van der Waals surface area contributed by atoms with E-state index in [0.29, 0.717) is 6.04 Å². The average Bonchev–Trinajstić information content (AvgIpc) is 3.15. The van der Waals surface area contributed by atoms with Gasteiger partial charge >= 0.3 is 0 Å². The molecule has 3 aromatic heterocycles. The molecule has 25 heavy (non-hydrogen) atoms. The minimum atomic E-state index is 0.275. The molecule has 1 aliphatic rings. The van der Waals surface area contributed by atoms with E-state index in [2.05, 4.69) is 51.5 Å². The van der Waals surface area contributed by atoms with Crippen LogP contribution >= 0.6 is 0 Å². The first-order chi connectivity index (χ1) is 12.3. The Balaban J connectivity index is 1.52. The van der Waals surface area contributed by atoms with E-state index in [9.17, 15) is 0 Å². The standard InChI is InChI=1S/C20H23N5/c1-14-5-4-10-23-20(14)18-9-3-8-17(25-18)16-7-2-6-15(24-16)13-19-21-11-12-22-19/h2,4-7,10-12,17-18,25H,3,8-9,13H2,1H3,(H,21,22)/t17-,18+/m1/s1. The second-order valence-electron chi connectivity index (χ2n) is 6.67. The lowest BCUT2D eigenvalue weighted by molar-refractivity contribution is 0.320. The van der Waals surface area contributed by atoms with Gasteiger partial charge in [0, 0.05) is 36.7 Å². The highest BCUT2D eigenvalue weighted by atomic mass is 15.0. The van der Waals surface area contributed by atoms with Gasteiger partial charge in [-0.2, -0.15) is 0 Å². The topological polar surface area (TPSA) is 66.5 Å². The summed E-state index contributed by atoms with van der Waals surface area (Å²) in [5.41, 5.74) is 4.58. The number of nitrogens with one attached hydrogen (secondary N) is 2. The Morgan fingerprint density at radius 2 is 1.96 bits per heavy atom. The van der Waals surface area contributed by atoms with Crippen LogP contribution in [0.5, 0.6) is 0 Å². The van der Waals surface area contributed by atoms with Crippen LogP contribution in [0.25, 0.3) is 0 Å². The molecule has 0 aliphatic carbocycles. The van der Waals surface area contributed by atoms with Crippen molar-refractivity contribution in [3.63, 3.8) is 0 Å². The Bertz CT molecular complexity index is 828. The highest BCUT2D eigenvalue weighted by molar-refractivity contribution is 5.23. The Morgan fingerprint density at radius 3 is 2.80 bits per heavy atom. The first kappa shape index (κ1) is 16.0. The van der Waals surface area contributed by atoms with E-state index in [-0.39, 0.29) is 6.04 Å². The molecule has 128 valence electrons. The maximum absolute atomic E-state index is 4.88. The van der Waals surface area contributed by atoms with E-state index in [1.165, 1.54) is 17.7 Å². The summed E-state index contributed by atoms with van der Waals surface area (Å²) in [6.07, 6.45) is 9.66. The fourth-order valence-corrected chi connectivity index (χ4v) is 3.60. The van der Waals surface area contributed by atoms with Crippen molar-refractivity contribution in [1.29, 1.82) is 0 Å². The molecule has 0 bridgehead atoms. The SMILES string of the molecule is Cc1cccnc1[C@@H]1CCC[C@H](c2cccc(Cc3ncc[nH]3)n2)N1. The van der Waals surface area contributed by atoms with Crippen LogP contribution in [0.4, 0.5) is 0 Å². The molecule has 5 nitrogen and oxygen atoms in total. The third kappa shape index (κ3) is 3.61. The maximum Gasteiger partial charge on any atom is 0.112 e. The fourth-order valence-electron chi connectivity index (χ4n) is 3.60. The molecule has 0 spiro atoms. The summed E-state index contributed by atoms with van der Waals surface area (Å²) in [6, 6.07) is 11.0. The number of hydrogen-bond donors (Lipinski definition) is 2. The van der Waals surface area contributed by atoms with Crippen LogP contribution in [0.3, 0.4) is 0 Å². The van der Waals surface area contributed by atoms with Gasteiger partial charge < -0.3 is 10.3 Å². The summed E-state index contributed by atoms with van der Waals surface area (Å²) in [5, 5.41) is 3.76. The molecule has 0 unspecified atom stereocenters. The molecule has 0 radical (unpaired) electrons. The van der Waals surface area contributed by atoms with Crippen molar-refractivity contribution < 1.29 is 0 Å². The molecule has 1 fully saturated rings. The number of imidazole rings is 1. The summed E-state index contributed by atoms with van der Waals surface area (Å²) in [4.78, 5) is 16.9. The van der Waals surface area contributed by atoms with E-state index in [1.807, 2.05) is 18.5 Å². The highest BCUT2D eigenvalue weighted by Crippen LogP contribution is 2.32. The number of hydrogen-bond acceptors (Lipinski definition) is 4. The molecule has 3 aromatic rings. The average molecular weight is 333 g/mol. The van der Waals surface area contributed by atoms with Gasteiger partial charge in [0.25, 0.3) is 0 Å². The van der Waals surface area contributed by atoms with Crippen molar-refractivity contribution in [3.8, 4) is 0 Å². The molecule has 4 heterocycles. The Labute approximate surface area is 148 Å². The number of aromatic nitrogens is 4. The van der Waals surface area contributed by atoms with Gasteiger partial charge in [0.2, 0.25) is 0 Å². The van der Waals surface area contributed by atoms with Crippen molar-refractivity contribution in [1.82, 2.24) is 25.3 Å². The zero-order valence-electron chi connectivity index (χ0n) is 14.4. The van der Waals surface area contributed by atoms with Gasteiger partial charge in [0.15, 0.2) is 0 Å². The number of nitrogens with zero attached hydrogens (tertiary/aromatic N) is 3. The molecule has 4 rings (SSSR count). The number of H-pyrrole nitrogens is 1. The molecule has 2 N–H and O–H groups in total. The summed E-state index contributed by atoms with van der Waals surface area (Å²) >= 11 is 0. The van der Waals surface area contributed by atoms with Gasteiger partial charge in [-0.3, -0.25) is 9.97 Å². The molecule has 1 aliphatic heterocycles. The Kier molecular flexibility index (Phi) is 4.57. The van der Waals surface area contributed by atoms with Gasteiger partial charge in [-0.1, -0.05) is 12.1 Å². The van der Waals surface area contributed by atoms with E-state index >= 15 is 0 Å². The van der Waals surface area contributed by atoms with Crippen LogP contribution in [0.15, 0.2) is 48.9 Å². The molecule has 0 aromatic carbocycles. The summed E-state index contributed by atoms with van der Waals surface area (Å²) in [6.45, 7) is 2.13. The summed E-state index contributed by atoms with van der Waals surface area (Å²) in [5.74, 6) is 0.947. The van der Waals surface area contributed by atoms with Gasteiger partial charge in [0.05, 0.1) is 17.4 Å². The van der Waals surface area contributed by atoms with Crippen molar-refractivity contribution in [3.05, 3.63) is 77.4 Å². The zero-order valence-corrected chi connectivity index (χ0v) is 14.4. The smallest absolute Gasteiger partial charge is 0.112 e.